The standard InChI is InChI=1S/C9H14N4O2/c10-8-4-7(11-12-8)9(15)13-3-1-2-6(13)5-14/h4,6,14H,1-3,5H2,(H3,10,11,12)/t6-/m0/s1. The summed E-state index contributed by atoms with van der Waals surface area (Å²) in [6, 6.07) is 1.44. The lowest BCUT2D eigenvalue weighted by molar-refractivity contribution is 0.0671. The van der Waals surface area contributed by atoms with Crippen LogP contribution in [0.5, 0.6) is 0 Å². The third-order valence-electron chi connectivity index (χ3n) is 2.68. The highest BCUT2D eigenvalue weighted by atomic mass is 16.3. The molecule has 1 aromatic rings. The fourth-order valence-corrected chi connectivity index (χ4v) is 1.89. The van der Waals surface area contributed by atoms with E-state index >= 15 is 0 Å². The molecule has 0 unspecified atom stereocenters. The zero-order chi connectivity index (χ0) is 10.8. The van der Waals surface area contributed by atoms with E-state index in [1.54, 1.807) is 4.90 Å². The van der Waals surface area contributed by atoms with Gasteiger partial charge in [0.15, 0.2) is 0 Å². The van der Waals surface area contributed by atoms with Crippen molar-refractivity contribution in [1.29, 1.82) is 0 Å². The smallest absolute Gasteiger partial charge is 0.272 e. The van der Waals surface area contributed by atoms with Crippen LogP contribution in [0.4, 0.5) is 5.82 Å². The van der Waals surface area contributed by atoms with E-state index in [9.17, 15) is 4.79 Å². The number of H-pyrrole nitrogens is 1. The Labute approximate surface area is 87.1 Å². The van der Waals surface area contributed by atoms with E-state index in [1.807, 2.05) is 0 Å². The molecule has 0 spiro atoms. The maximum Gasteiger partial charge on any atom is 0.272 e. The van der Waals surface area contributed by atoms with Crippen LogP contribution in [0.3, 0.4) is 0 Å². The maximum absolute atomic E-state index is 11.9. The van der Waals surface area contributed by atoms with E-state index in [2.05, 4.69) is 10.2 Å². The Balaban J connectivity index is 2.13. The number of nitrogens with zero attached hydrogens (tertiary/aromatic N) is 2. The minimum Gasteiger partial charge on any atom is -0.394 e. The van der Waals surface area contributed by atoms with Gasteiger partial charge in [0.1, 0.15) is 11.5 Å². The number of aromatic amines is 1. The Morgan fingerprint density at radius 2 is 2.60 bits per heavy atom. The number of hydrogen-bond acceptors (Lipinski definition) is 4. The zero-order valence-electron chi connectivity index (χ0n) is 8.31. The Morgan fingerprint density at radius 1 is 1.80 bits per heavy atom. The van der Waals surface area contributed by atoms with Crippen LogP contribution in [0.15, 0.2) is 6.07 Å². The van der Waals surface area contributed by atoms with Crippen LogP contribution in [-0.2, 0) is 0 Å². The number of hydrogen-bond donors (Lipinski definition) is 3. The molecule has 0 aliphatic carbocycles. The highest BCUT2D eigenvalue weighted by molar-refractivity contribution is 5.93. The summed E-state index contributed by atoms with van der Waals surface area (Å²) >= 11 is 0. The van der Waals surface area contributed by atoms with Gasteiger partial charge >= 0.3 is 0 Å². The number of aromatic nitrogens is 2. The molecule has 0 aromatic carbocycles. The van der Waals surface area contributed by atoms with Crippen molar-refractivity contribution in [3.8, 4) is 0 Å². The molecule has 0 radical (unpaired) electrons. The first-order valence-electron chi connectivity index (χ1n) is 4.95. The molecular formula is C9H14N4O2. The molecule has 6 nitrogen and oxygen atoms in total. The predicted octanol–water partition coefficient (Wildman–Crippen LogP) is -0.411. The van der Waals surface area contributed by atoms with E-state index in [1.165, 1.54) is 6.07 Å². The highest BCUT2D eigenvalue weighted by Crippen LogP contribution is 2.19. The van der Waals surface area contributed by atoms with Crippen molar-refractivity contribution >= 4 is 11.7 Å². The number of anilines is 1. The average molecular weight is 210 g/mol. The molecule has 15 heavy (non-hydrogen) atoms. The van der Waals surface area contributed by atoms with Gasteiger partial charge in [-0.1, -0.05) is 0 Å². The first kappa shape index (κ1) is 9.97. The number of likely N-dealkylation sites (tertiary alicyclic amines) is 1. The lowest BCUT2D eigenvalue weighted by Crippen LogP contribution is -2.37. The molecule has 0 bridgehead atoms. The molecule has 1 aliphatic heterocycles. The molecule has 1 fully saturated rings. The van der Waals surface area contributed by atoms with Crippen LogP contribution < -0.4 is 5.73 Å². The lowest BCUT2D eigenvalue weighted by Gasteiger charge is -2.21. The molecule has 2 rings (SSSR count). The number of carbonyl (C=O) groups is 1. The van der Waals surface area contributed by atoms with Crippen molar-refractivity contribution in [2.45, 2.75) is 18.9 Å². The van der Waals surface area contributed by atoms with Crippen LogP contribution in [0.1, 0.15) is 23.3 Å². The van der Waals surface area contributed by atoms with E-state index in [-0.39, 0.29) is 18.6 Å². The van der Waals surface area contributed by atoms with Crippen molar-refractivity contribution in [2.24, 2.45) is 0 Å². The number of nitrogens with one attached hydrogen (secondary N) is 1. The third-order valence-corrected chi connectivity index (χ3v) is 2.68. The van der Waals surface area contributed by atoms with Crippen LogP contribution in [0.25, 0.3) is 0 Å². The summed E-state index contributed by atoms with van der Waals surface area (Å²) in [4.78, 5) is 13.6. The Hall–Kier alpha value is -1.56. The quantitative estimate of drug-likeness (QED) is 0.618. The fourth-order valence-electron chi connectivity index (χ4n) is 1.89. The van der Waals surface area contributed by atoms with Gasteiger partial charge in [-0.25, -0.2) is 0 Å². The van der Waals surface area contributed by atoms with Gasteiger partial charge in [-0.3, -0.25) is 9.89 Å². The first-order valence-corrected chi connectivity index (χ1v) is 4.95. The van der Waals surface area contributed by atoms with E-state index in [0.717, 1.165) is 12.8 Å². The monoisotopic (exact) mass is 210 g/mol. The highest BCUT2D eigenvalue weighted by Gasteiger charge is 2.29. The molecule has 1 aromatic heterocycles. The van der Waals surface area contributed by atoms with Crippen LogP contribution in [0.2, 0.25) is 0 Å². The largest absolute Gasteiger partial charge is 0.394 e. The molecule has 0 saturated carbocycles. The number of aliphatic hydroxyl groups excluding tert-OH is 1. The summed E-state index contributed by atoms with van der Waals surface area (Å²) in [7, 11) is 0. The molecular weight excluding hydrogens is 196 g/mol. The molecule has 4 N–H and O–H groups in total. The van der Waals surface area contributed by atoms with Gasteiger partial charge < -0.3 is 15.7 Å². The fraction of sp³-hybridized carbons (Fsp3) is 0.556. The van der Waals surface area contributed by atoms with Crippen molar-refractivity contribution in [3.63, 3.8) is 0 Å². The van der Waals surface area contributed by atoms with Crippen molar-refractivity contribution in [3.05, 3.63) is 11.8 Å². The molecule has 6 heteroatoms. The second-order valence-corrected chi connectivity index (χ2v) is 3.68. The third kappa shape index (κ3) is 1.80. The SMILES string of the molecule is Nc1cc(C(=O)N2CCC[C@H]2CO)[nH]n1. The number of carbonyl (C=O) groups excluding carboxylic acids is 1. The van der Waals surface area contributed by atoms with Gasteiger partial charge in [0.05, 0.1) is 12.6 Å². The number of nitrogen functional groups attached to an aromatic ring is 1. The van der Waals surface area contributed by atoms with E-state index in [4.69, 9.17) is 10.8 Å². The Kier molecular flexibility index (Phi) is 2.59. The summed E-state index contributed by atoms with van der Waals surface area (Å²) in [6.45, 7) is 0.693. The molecule has 2 heterocycles. The lowest BCUT2D eigenvalue weighted by atomic mass is 10.2. The van der Waals surface area contributed by atoms with Crippen LogP contribution >= 0.6 is 0 Å². The van der Waals surface area contributed by atoms with Crippen molar-refractivity contribution in [2.75, 3.05) is 18.9 Å². The minimum absolute atomic E-state index is 0.00929. The van der Waals surface area contributed by atoms with Gasteiger partial charge in [-0.05, 0) is 12.8 Å². The molecule has 1 aliphatic rings. The molecule has 1 amide bonds. The topological polar surface area (TPSA) is 95.2 Å². The second-order valence-electron chi connectivity index (χ2n) is 3.68. The van der Waals surface area contributed by atoms with Gasteiger partial charge in [-0.2, -0.15) is 5.10 Å². The Bertz CT molecular complexity index is 363. The summed E-state index contributed by atoms with van der Waals surface area (Å²) in [5, 5.41) is 15.4. The first-order chi connectivity index (χ1) is 7.22. The number of nitrogens with two attached hydrogens (primary N) is 1. The van der Waals surface area contributed by atoms with Gasteiger partial charge in [0.25, 0.3) is 5.91 Å². The van der Waals surface area contributed by atoms with Gasteiger partial charge in [0.2, 0.25) is 0 Å². The molecule has 1 atom stereocenters. The molecule has 1 saturated heterocycles. The minimum atomic E-state index is -0.143. The Morgan fingerprint density at radius 3 is 3.20 bits per heavy atom. The second kappa shape index (κ2) is 3.90. The van der Waals surface area contributed by atoms with Crippen molar-refractivity contribution in [1.82, 2.24) is 15.1 Å². The van der Waals surface area contributed by atoms with Gasteiger partial charge in [-0.15, -0.1) is 0 Å². The van der Waals surface area contributed by atoms with Crippen LogP contribution in [-0.4, -0.2) is 45.3 Å². The number of rotatable bonds is 2. The molecule has 82 valence electrons. The van der Waals surface area contributed by atoms with E-state index in [0.29, 0.717) is 18.1 Å². The zero-order valence-corrected chi connectivity index (χ0v) is 8.31. The number of aliphatic hydroxyl groups is 1. The number of amides is 1. The maximum atomic E-state index is 11.9. The summed E-state index contributed by atoms with van der Waals surface area (Å²) in [6.07, 6.45) is 1.78. The van der Waals surface area contributed by atoms with Gasteiger partial charge in [0, 0.05) is 12.6 Å². The normalized spacial score (nSPS) is 20.9. The van der Waals surface area contributed by atoms with Crippen LogP contribution in [0, 0.1) is 0 Å². The van der Waals surface area contributed by atoms with E-state index < -0.39 is 0 Å². The average Bonchev–Trinajstić information content (AvgIpc) is 2.84. The predicted molar refractivity (Wildman–Crippen MR) is 54.1 cm³/mol. The summed E-state index contributed by atoms with van der Waals surface area (Å²) < 4.78 is 0. The van der Waals surface area contributed by atoms with Crippen molar-refractivity contribution < 1.29 is 9.90 Å². The summed E-state index contributed by atoms with van der Waals surface area (Å²) in [5.41, 5.74) is 5.80. The summed E-state index contributed by atoms with van der Waals surface area (Å²) in [5.74, 6) is 0.161.